The molecule has 0 amide bonds. The molecule has 2 aromatic carbocycles. The predicted octanol–water partition coefficient (Wildman–Crippen LogP) is 3.41. The first-order chi connectivity index (χ1) is 13.7. The number of methoxy groups -OCH3 is 1. The molecule has 3 aromatic rings. The standard InChI is InChI=1S/C21H21FN4O2/c1-28-17-10-6-15(7-11-17)19-13-18(14-4-8-16(22)9-5-14)23-21-24-20(3-2-12-27)25-26(19)21/h4-11,13,19,27H,2-3,12H2,1H3,(H,23,24,25)/t19-/m1/s1. The zero-order valence-corrected chi connectivity index (χ0v) is 15.5. The molecule has 0 spiro atoms. The highest BCUT2D eigenvalue weighted by atomic mass is 19.1. The molecule has 1 aromatic heterocycles. The number of halogens is 1. The Labute approximate surface area is 162 Å². The highest BCUT2D eigenvalue weighted by molar-refractivity contribution is 5.77. The Morgan fingerprint density at radius 3 is 2.57 bits per heavy atom. The molecule has 0 radical (unpaired) electrons. The monoisotopic (exact) mass is 380 g/mol. The molecule has 2 N–H and O–H groups in total. The number of aryl methyl sites for hydroxylation is 1. The van der Waals surface area contributed by atoms with Crippen LogP contribution in [0, 0.1) is 5.82 Å². The van der Waals surface area contributed by atoms with Crippen LogP contribution in [-0.2, 0) is 6.42 Å². The Bertz CT molecular complexity index is 981. The minimum atomic E-state index is -0.277. The number of anilines is 1. The van der Waals surface area contributed by atoms with Gasteiger partial charge in [-0.1, -0.05) is 12.1 Å². The van der Waals surface area contributed by atoms with Crippen LogP contribution in [0.5, 0.6) is 5.75 Å². The Kier molecular flexibility index (Phi) is 5.08. The molecule has 0 fully saturated rings. The molecule has 1 atom stereocenters. The van der Waals surface area contributed by atoms with E-state index < -0.39 is 0 Å². The first kappa shape index (κ1) is 18.2. The van der Waals surface area contributed by atoms with Crippen LogP contribution in [0.25, 0.3) is 5.70 Å². The van der Waals surface area contributed by atoms with Gasteiger partial charge in [0.05, 0.1) is 7.11 Å². The number of hydrogen-bond acceptors (Lipinski definition) is 5. The van der Waals surface area contributed by atoms with Crippen LogP contribution in [0.3, 0.4) is 0 Å². The summed E-state index contributed by atoms with van der Waals surface area (Å²) < 4.78 is 20.4. The number of hydrogen-bond donors (Lipinski definition) is 2. The van der Waals surface area contributed by atoms with Gasteiger partial charge in [0.25, 0.3) is 0 Å². The number of nitrogens with zero attached hydrogens (tertiary/aromatic N) is 3. The maximum atomic E-state index is 13.3. The van der Waals surface area contributed by atoms with Gasteiger partial charge in [-0.05, 0) is 60.0 Å². The smallest absolute Gasteiger partial charge is 0.226 e. The SMILES string of the molecule is COc1ccc([C@H]2C=C(c3ccc(F)cc3)Nc3nc(CCCO)nn32)cc1. The van der Waals surface area contributed by atoms with Crippen molar-refractivity contribution >= 4 is 11.6 Å². The number of aliphatic hydroxyl groups excluding tert-OH is 1. The molecular weight excluding hydrogens is 359 g/mol. The van der Waals surface area contributed by atoms with Crippen molar-refractivity contribution in [3.8, 4) is 5.75 Å². The van der Waals surface area contributed by atoms with Crippen molar-refractivity contribution < 1.29 is 14.2 Å². The minimum absolute atomic E-state index is 0.0955. The van der Waals surface area contributed by atoms with E-state index >= 15 is 0 Å². The van der Waals surface area contributed by atoms with E-state index in [9.17, 15) is 4.39 Å². The van der Waals surface area contributed by atoms with Gasteiger partial charge in [0.2, 0.25) is 5.95 Å². The van der Waals surface area contributed by atoms with Gasteiger partial charge < -0.3 is 15.2 Å². The number of nitrogens with one attached hydrogen (secondary N) is 1. The fourth-order valence-electron chi connectivity index (χ4n) is 3.22. The molecule has 1 aliphatic rings. The third-order valence-electron chi connectivity index (χ3n) is 4.68. The van der Waals surface area contributed by atoms with Crippen molar-refractivity contribution in [2.45, 2.75) is 18.9 Å². The van der Waals surface area contributed by atoms with E-state index in [0.717, 1.165) is 22.6 Å². The molecule has 7 heteroatoms. The lowest BCUT2D eigenvalue weighted by Crippen LogP contribution is -2.20. The molecule has 144 valence electrons. The van der Waals surface area contributed by atoms with Gasteiger partial charge in [0, 0.05) is 18.7 Å². The van der Waals surface area contributed by atoms with Crippen LogP contribution >= 0.6 is 0 Å². The summed E-state index contributed by atoms with van der Waals surface area (Å²) in [4.78, 5) is 4.58. The van der Waals surface area contributed by atoms with E-state index in [1.54, 1.807) is 19.2 Å². The Balaban J connectivity index is 1.75. The number of rotatable bonds is 6. The molecule has 0 aliphatic carbocycles. The Morgan fingerprint density at radius 2 is 1.89 bits per heavy atom. The van der Waals surface area contributed by atoms with Gasteiger partial charge in [-0.2, -0.15) is 10.1 Å². The second-order valence-corrected chi connectivity index (χ2v) is 6.55. The minimum Gasteiger partial charge on any atom is -0.497 e. The summed E-state index contributed by atoms with van der Waals surface area (Å²) in [5, 5.41) is 17.0. The van der Waals surface area contributed by atoms with Crippen molar-refractivity contribution in [2.75, 3.05) is 19.0 Å². The van der Waals surface area contributed by atoms with Crippen LogP contribution < -0.4 is 10.1 Å². The number of benzene rings is 2. The Morgan fingerprint density at radius 1 is 1.14 bits per heavy atom. The summed E-state index contributed by atoms with van der Waals surface area (Å²) in [5.41, 5.74) is 2.74. The third-order valence-corrected chi connectivity index (χ3v) is 4.68. The van der Waals surface area contributed by atoms with E-state index in [-0.39, 0.29) is 18.5 Å². The number of ether oxygens (including phenoxy) is 1. The molecule has 4 rings (SSSR count). The summed E-state index contributed by atoms with van der Waals surface area (Å²) in [5.74, 6) is 1.79. The lowest BCUT2D eigenvalue weighted by Gasteiger charge is -2.24. The summed E-state index contributed by atoms with van der Waals surface area (Å²) in [6, 6.07) is 14.0. The molecule has 0 unspecified atom stereocenters. The number of fused-ring (bicyclic) bond motifs is 1. The highest BCUT2D eigenvalue weighted by Crippen LogP contribution is 2.33. The largest absolute Gasteiger partial charge is 0.497 e. The zero-order chi connectivity index (χ0) is 19.5. The molecule has 6 nitrogen and oxygen atoms in total. The van der Waals surface area contributed by atoms with Crippen LogP contribution in [0.2, 0.25) is 0 Å². The lowest BCUT2D eigenvalue weighted by atomic mass is 10.0. The summed E-state index contributed by atoms with van der Waals surface area (Å²) in [6.45, 7) is 0.0955. The van der Waals surface area contributed by atoms with Crippen molar-refractivity contribution in [2.24, 2.45) is 0 Å². The maximum absolute atomic E-state index is 13.3. The molecule has 28 heavy (non-hydrogen) atoms. The van der Waals surface area contributed by atoms with Gasteiger partial charge in [-0.3, -0.25) is 0 Å². The fourth-order valence-corrected chi connectivity index (χ4v) is 3.22. The topological polar surface area (TPSA) is 72.2 Å². The number of allylic oxidation sites excluding steroid dienone is 1. The van der Waals surface area contributed by atoms with E-state index in [4.69, 9.17) is 9.84 Å². The number of aliphatic hydroxyl groups is 1. The summed E-state index contributed by atoms with van der Waals surface area (Å²) in [7, 11) is 1.63. The van der Waals surface area contributed by atoms with E-state index in [1.807, 2.05) is 35.0 Å². The molecule has 2 heterocycles. The first-order valence-corrected chi connectivity index (χ1v) is 9.13. The van der Waals surface area contributed by atoms with Crippen molar-refractivity contribution in [1.29, 1.82) is 0 Å². The number of aromatic nitrogens is 3. The second-order valence-electron chi connectivity index (χ2n) is 6.55. The van der Waals surface area contributed by atoms with Crippen LogP contribution in [-0.4, -0.2) is 33.6 Å². The van der Waals surface area contributed by atoms with Crippen molar-refractivity contribution in [1.82, 2.24) is 14.8 Å². The Hall–Kier alpha value is -3.19. The van der Waals surface area contributed by atoms with Gasteiger partial charge >= 0.3 is 0 Å². The van der Waals surface area contributed by atoms with Crippen molar-refractivity contribution in [3.05, 3.63) is 77.4 Å². The first-order valence-electron chi connectivity index (χ1n) is 9.13. The van der Waals surface area contributed by atoms with Crippen LogP contribution in [0.15, 0.2) is 54.6 Å². The van der Waals surface area contributed by atoms with Crippen LogP contribution in [0.1, 0.15) is 29.4 Å². The van der Waals surface area contributed by atoms with Gasteiger partial charge in [0.15, 0.2) is 5.82 Å². The van der Waals surface area contributed by atoms with E-state index in [1.165, 1.54) is 12.1 Å². The third kappa shape index (κ3) is 3.61. The van der Waals surface area contributed by atoms with Crippen LogP contribution in [0.4, 0.5) is 10.3 Å². The highest BCUT2D eigenvalue weighted by Gasteiger charge is 2.25. The lowest BCUT2D eigenvalue weighted by molar-refractivity contribution is 0.287. The molecule has 0 bridgehead atoms. The quantitative estimate of drug-likeness (QED) is 0.686. The summed E-state index contributed by atoms with van der Waals surface area (Å²) in [6.07, 6.45) is 3.25. The van der Waals surface area contributed by atoms with Crippen molar-refractivity contribution in [3.63, 3.8) is 0 Å². The average molecular weight is 380 g/mol. The fraction of sp³-hybridized carbons (Fsp3) is 0.238. The predicted molar refractivity (Wildman–Crippen MR) is 105 cm³/mol. The molecule has 0 saturated heterocycles. The van der Waals surface area contributed by atoms with E-state index in [2.05, 4.69) is 15.4 Å². The maximum Gasteiger partial charge on any atom is 0.226 e. The van der Waals surface area contributed by atoms with Gasteiger partial charge in [-0.25, -0.2) is 9.07 Å². The van der Waals surface area contributed by atoms with Gasteiger partial charge in [-0.15, -0.1) is 0 Å². The van der Waals surface area contributed by atoms with E-state index in [0.29, 0.717) is 24.6 Å². The normalized spacial score (nSPS) is 15.5. The second kappa shape index (κ2) is 7.82. The molecule has 0 saturated carbocycles. The molecular formula is C21H21FN4O2. The van der Waals surface area contributed by atoms with Gasteiger partial charge in [0.1, 0.15) is 17.6 Å². The molecule has 1 aliphatic heterocycles. The average Bonchev–Trinajstić information content (AvgIpc) is 3.15. The summed E-state index contributed by atoms with van der Waals surface area (Å²) >= 11 is 0. The zero-order valence-electron chi connectivity index (χ0n) is 15.5.